The van der Waals surface area contributed by atoms with Crippen LogP contribution in [0.4, 0.5) is 5.69 Å². The highest BCUT2D eigenvalue weighted by Gasteiger charge is 2.10. The van der Waals surface area contributed by atoms with Crippen LogP contribution in [0.1, 0.15) is 0 Å². The molecule has 0 unspecified atom stereocenters. The van der Waals surface area contributed by atoms with Gasteiger partial charge < -0.3 is 10.3 Å². The maximum Gasteiger partial charge on any atom is 0.326 e. The molecular formula is C17H14N6O2. The molecule has 4 rings (SSSR count). The number of benzene rings is 2. The molecule has 0 atom stereocenters. The Kier molecular flexibility index (Phi) is 3.62. The summed E-state index contributed by atoms with van der Waals surface area (Å²) in [6, 6.07) is 14.4. The molecule has 0 bridgehead atoms. The number of carbonyl (C=O) groups excluding carboxylic acids is 1. The van der Waals surface area contributed by atoms with E-state index in [-0.39, 0.29) is 18.1 Å². The van der Waals surface area contributed by atoms with Gasteiger partial charge in [-0.05, 0) is 36.4 Å². The van der Waals surface area contributed by atoms with Crippen molar-refractivity contribution in [1.82, 2.24) is 24.3 Å². The lowest BCUT2D eigenvalue weighted by Crippen LogP contribution is -2.25. The summed E-state index contributed by atoms with van der Waals surface area (Å²) in [7, 11) is 0. The van der Waals surface area contributed by atoms with Crippen molar-refractivity contribution >= 4 is 22.6 Å². The highest BCUT2D eigenvalue weighted by Crippen LogP contribution is 2.13. The summed E-state index contributed by atoms with van der Waals surface area (Å²) in [6.45, 7) is -0.0618. The number of carbonyl (C=O) groups is 1. The molecule has 0 saturated carbocycles. The summed E-state index contributed by atoms with van der Waals surface area (Å²) >= 11 is 0. The van der Waals surface area contributed by atoms with Crippen LogP contribution in [0.25, 0.3) is 16.7 Å². The van der Waals surface area contributed by atoms with Crippen molar-refractivity contribution in [3.05, 3.63) is 71.7 Å². The molecule has 8 nitrogen and oxygen atoms in total. The van der Waals surface area contributed by atoms with E-state index in [0.29, 0.717) is 16.7 Å². The molecular weight excluding hydrogens is 320 g/mol. The van der Waals surface area contributed by atoms with E-state index in [0.717, 1.165) is 5.69 Å². The number of nitrogens with zero attached hydrogens (tertiary/aromatic N) is 4. The number of anilines is 1. The van der Waals surface area contributed by atoms with Gasteiger partial charge in [-0.1, -0.05) is 12.1 Å². The number of rotatable bonds is 4. The van der Waals surface area contributed by atoms with E-state index in [1.165, 1.54) is 10.9 Å². The first-order valence-corrected chi connectivity index (χ1v) is 7.63. The van der Waals surface area contributed by atoms with E-state index < -0.39 is 0 Å². The zero-order valence-electron chi connectivity index (χ0n) is 13.1. The highest BCUT2D eigenvalue weighted by molar-refractivity contribution is 5.91. The maximum atomic E-state index is 12.3. The van der Waals surface area contributed by atoms with Gasteiger partial charge in [0.1, 0.15) is 19.2 Å². The second-order valence-corrected chi connectivity index (χ2v) is 5.47. The first kappa shape index (κ1) is 14.9. The summed E-state index contributed by atoms with van der Waals surface area (Å²) in [5, 5.41) is 6.83. The second-order valence-electron chi connectivity index (χ2n) is 5.47. The van der Waals surface area contributed by atoms with Gasteiger partial charge in [0.05, 0.1) is 16.7 Å². The molecule has 8 heteroatoms. The van der Waals surface area contributed by atoms with Crippen molar-refractivity contribution in [3.8, 4) is 5.69 Å². The number of imidazole rings is 1. The highest BCUT2D eigenvalue weighted by atomic mass is 16.2. The molecule has 124 valence electrons. The zero-order valence-corrected chi connectivity index (χ0v) is 13.1. The number of amides is 1. The molecule has 0 fully saturated rings. The Morgan fingerprint density at radius 1 is 1.12 bits per heavy atom. The van der Waals surface area contributed by atoms with Crippen LogP contribution >= 0.6 is 0 Å². The maximum absolute atomic E-state index is 12.3. The Labute approximate surface area is 141 Å². The molecule has 1 amide bonds. The molecule has 0 saturated heterocycles. The molecule has 2 aromatic heterocycles. The number of H-pyrrole nitrogens is 1. The molecule has 2 N–H and O–H groups in total. The van der Waals surface area contributed by atoms with Crippen molar-refractivity contribution in [2.45, 2.75) is 6.54 Å². The molecule has 0 aliphatic heterocycles. The summed E-state index contributed by atoms with van der Waals surface area (Å²) in [6.07, 6.45) is 3.05. The first-order chi connectivity index (χ1) is 12.2. The van der Waals surface area contributed by atoms with E-state index >= 15 is 0 Å². The fourth-order valence-electron chi connectivity index (χ4n) is 2.65. The fourth-order valence-corrected chi connectivity index (χ4v) is 2.65. The molecule has 2 heterocycles. The largest absolute Gasteiger partial charge is 0.326 e. The number of aromatic nitrogens is 5. The Balaban J connectivity index is 1.50. The molecule has 2 aromatic carbocycles. The third-order valence-electron chi connectivity index (χ3n) is 3.82. The predicted octanol–water partition coefficient (Wildman–Crippen LogP) is 1.55. The summed E-state index contributed by atoms with van der Waals surface area (Å²) < 4.78 is 3.03. The molecule has 0 aliphatic rings. The van der Waals surface area contributed by atoms with Gasteiger partial charge in [0.2, 0.25) is 5.91 Å². The minimum Gasteiger partial charge on any atom is -0.325 e. The van der Waals surface area contributed by atoms with Crippen LogP contribution < -0.4 is 11.0 Å². The van der Waals surface area contributed by atoms with Crippen molar-refractivity contribution in [1.29, 1.82) is 0 Å². The molecule has 0 aliphatic carbocycles. The molecule has 0 radical (unpaired) electrons. The van der Waals surface area contributed by atoms with E-state index in [9.17, 15) is 9.59 Å². The number of hydrogen-bond acceptors (Lipinski definition) is 4. The summed E-state index contributed by atoms with van der Waals surface area (Å²) in [5.74, 6) is -0.277. The number of fused-ring (bicyclic) bond motifs is 1. The summed E-state index contributed by atoms with van der Waals surface area (Å²) in [5.41, 5.74) is 2.57. The van der Waals surface area contributed by atoms with Crippen LogP contribution in [0.5, 0.6) is 0 Å². The molecule has 0 spiro atoms. The number of aromatic amines is 1. The van der Waals surface area contributed by atoms with E-state index in [4.69, 9.17) is 0 Å². The summed E-state index contributed by atoms with van der Waals surface area (Å²) in [4.78, 5) is 30.9. The number of para-hydroxylation sites is 2. The lowest BCUT2D eigenvalue weighted by molar-refractivity contribution is -0.116. The Bertz CT molecular complexity index is 1080. The molecule has 4 aromatic rings. The predicted molar refractivity (Wildman–Crippen MR) is 92.5 cm³/mol. The number of nitrogens with one attached hydrogen (secondary N) is 2. The van der Waals surface area contributed by atoms with Gasteiger partial charge >= 0.3 is 5.69 Å². The van der Waals surface area contributed by atoms with Gasteiger partial charge in [-0.15, -0.1) is 0 Å². The first-order valence-electron chi connectivity index (χ1n) is 7.63. The van der Waals surface area contributed by atoms with Crippen LogP contribution in [0.3, 0.4) is 0 Å². The normalized spacial score (nSPS) is 10.9. The number of hydrogen-bond donors (Lipinski definition) is 2. The Morgan fingerprint density at radius 2 is 1.92 bits per heavy atom. The fraction of sp³-hybridized carbons (Fsp3) is 0.0588. The van der Waals surface area contributed by atoms with E-state index in [1.54, 1.807) is 35.3 Å². The van der Waals surface area contributed by atoms with Gasteiger partial charge in [0, 0.05) is 5.69 Å². The minimum atomic E-state index is -0.308. The van der Waals surface area contributed by atoms with Crippen molar-refractivity contribution in [3.63, 3.8) is 0 Å². The quantitative estimate of drug-likeness (QED) is 0.591. The zero-order chi connectivity index (χ0) is 17.2. The van der Waals surface area contributed by atoms with Gasteiger partial charge in [0.25, 0.3) is 0 Å². The van der Waals surface area contributed by atoms with Crippen molar-refractivity contribution in [2.24, 2.45) is 0 Å². The average molecular weight is 334 g/mol. The molecule has 25 heavy (non-hydrogen) atoms. The Morgan fingerprint density at radius 3 is 2.68 bits per heavy atom. The second kappa shape index (κ2) is 6.08. The lowest BCUT2D eigenvalue weighted by Gasteiger charge is -2.07. The van der Waals surface area contributed by atoms with Gasteiger partial charge in [-0.3, -0.25) is 9.36 Å². The van der Waals surface area contributed by atoms with Crippen LogP contribution in [0, 0.1) is 0 Å². The van der Waals surface area contributed by atoms with Crippen LogP contribution in [-0.4, -0.2) is 30.2 Å². The van der Waals surface area contributed by atoms with Gasteiger partial charge in [-0.2, -0.15) is 5.10 Å². The van der Waals surface area contributed by atoms with Crippen LogP contribution in [0.2, 0.25) is 0 Å². The average Bonchev–Trinajstić information content (AvgIpc) is 3.25. The monoisotopic (exact) mass is 334 g/mol. The van der Waals surface area contributed by atoms with Crippen LogP contribution in [-0.2, 0) is 11.3 Å². The van der Waals surface area contributed by atoms with Gasteiger partial charge in [-0.25, -0.2) is 14.5 Å². The van der Waals surface area contributed by atoms with Crippen LogP contribution in [0.15, 0.2) is 66.0 Å². The van der Waals surface area contributed by atoms with E-state index in [1.807, 2.05) is 24.3 Å². The minimum absolute atomic E-state index is 0.0618. The standard InChI is InChI=1S/C17H14N6O2/c24-16(9-22-15-4-2-1-3-14(15)21-17(22)25)20-12-5-7-13(8-6-12)23-11-18-10-19-23/h1-8,10-11H,9H2,(H,20,24)(H,21,25). The SMILES string of the molecule is O=C(Cn1c(=O)[nH]c2ccccc21)Nc1ccc(-n2cncn2)cc1. The Hall–Kier alpha value is -3.68. The topological polar surface area (TPSA) is 97.6 Å². The van der Waals surface area contributed by atoms with Gasteiger partial charge in [0.15, 0.2) is 0 Å². The van der Waals surface area contributed by atoms with Crippen molar-refractivity contribution < 1.29 is 4.79 Å². The van der Waals surface area contributed by atoms with E-state index in [2.05, 4.69) is 20.4 Å². The third-order valence-corrected chi connectivity index (χ3v) is 3.82. The van der Waals surface area contributed by atoms with Crippen molar-refractivity contribution in [2.75, 3.05) is 5.32 Å². The lowest BCUT2D eigenvalue weighted by atomic mass is 10.3. The smallest absolute Gasteiger partial charge is 0.325 e. The third kappa shape index (κ3) is 2.92.